The normalized spacial score (nSPS) is 31.0. The van der Waals surface area contributed by atoms with Crippen LogP contribution in [0.4, 0.5) is 0 Å². The number of aromatic hydroxyl groups is 1. The van der Waals surface area contributed by atoms with E-state index in [0.29, 0.717) is 28.9 Å². The minimum Gasteiger partial charge on any atom is -0.508 e. The predicted molar refractivity (Wildman–Crippen MR) is 146 cm³/mol. The number of ether oxygens (including phenoxy) is 2. The maximum absolute atomic E-state index is 10.0. The van der Waals surface area contributed by atoms with Crippen LogP contribution in [0.3, 0.4) is 0 Å². The van der Waals surface area contributed by atoms with Crippen molar-refractivity contribution in [1.82, 2.24) is 4.90 Å². The molecule has 0 spiro atoms. The van der Waals surface area contributed by atoms with Gasteiger partial charge in [-0.1, -0.05) is 39.8 Å². The Morgan fingerprint density at radius 2 is 1.83 bits per heavy atom. The van der Waals surface area contributed by atoms with Crippen molar-refractivity contribution in [2.24, 2.45) is 29.1 Å². The molecule has 0 bridgehead atoms. The highest BCUT2D eigenvalue weighted by Crippen LogP contribution is 2.64. The smallest absolute Gasteiger partial charge is 0.161 e. The quantitative estimate of drug-likeness (QED) is 0.430. The first kappa shape index (κ1) is 25.4. The van der Waals surface area contributed by atoms with Gasteiger partial charge in [-0.05, 0) is 121 Å². The molecule has 0 aromatic heterocycles. The van der Waals surface area contributed by atoms with E-state index < -0.39 is 0 Å². The van der Waals surface area contributed by atoms with Gasteiger partial charge in [-0.2, -0.15) is 0 Å². The SMILES string of the molecule is CCN(CC)Cc1ccc(OCC2CCC3[C@@H]4C(C)Cc5cc(O)ccc5C4CC[C@]23C)c(OC)c1. The molecule has 0 amide bonds. The maximum atomic E-state index is 10.0. The highest BCUT2D eigenvalue weighted by atomic mass is 16.5. The molecule has 2 fully saturated rings. The third-order valence-corrected chi connectivity index (χ3v) is 10.2. The van der Waals surface area contributed by atoms with Crippen LogP contribution in [0.2, 0.25) is 0 Å². The van der Waals surface area contributed by atoms with Gasteiger partial charge < -0.3 is 14.6 Å². The van der Waals surface area contributed by atoms with Crippen molar-refractivity contribution in [3.8, 4) is 17.2 Å². The van der Waals surface area contributed by atoms with E-state index in [1.54, 1.807) is 7.11 Å². The zero-order chi connectivity index (χ0) is 25.4. The van der Waals surface area contributed by atoms with Gasteiger partial charge in [0, 0.05) is 6.54 Å². The molecular formula is C32H45NO3. The second-order valence-electron chi connectivity index (χ2n) is 11.9. The fourth-order valence-electron chi connectivity index (χ4n) is 8.17. The third-order valence-electron chi connectivity index (χ3n) is 10.2. The molecule has 0 aliphatic heterocycles. The van der Waals surface area contributed by atoms with Crippen molar-refractivity contribution < 1.29 is 14.6 Å². The van der Waals surface area contributed by atoms with Gasteiger partial charge in [0.25, 0.3) is 0 Å². The van der Waals surface area contributed by atoms with Crippen LogP contribution in [0.25, 0.3) is 0 Å². The first-order valence-electron chi connectivity index (χ1n) is 14.2. The average molecular weight is 492 g/mol. The van der Waals surface area contributed by atoms with Gasteiger partial charge in [-0.25, -0.2) is 0 Å². The molecule has 2 aromatic carbocycles. The number of fused-ring (bicyclic) bond motifs is 5. The second-order valence-corrected chi connectivity index (χ2v) is 11.9. The lowest BCUT2D eigenvalue weighted by Gasteiger charge is -2.53. The Morgan fingerprint density at radius 3 is 2.58 bits per heavy atom. The number of methoxy groups -OCH3 is 1. The average Bonchev–Trinajstić information content (AvgIpc) is 3.21. The number of hydrogen-bond acceptors (Lipinski definition) is 4. The molecule has 36 heavy (non-hydrogen) atoms. The molecule has 5 rings (SSSR count). The van der Waals surface area contributed by atoms with Gasteiger partial charge in [0.1, 0.15) is 5.75 Å². The Balaban J connectivity index is 1.29. The molecule has 3 aliphatic rings. The minimum atomic E-state index is 0.333. The van der Waals surface area contributed by atoms with Crippen molar-refractivity contribution in [3.63, 3.8) is 0 Å². The van der Waals surface area contributed by atoms with Crippen molar-refractivity contribution in [2.75, 3.05) is 26.8 Å². The standard InChI is InChI=1S/C32H45NO3/c1-6-33(7-2)19-22-8-13-29(30(17-22)35-5)36-20-24-9-12-28-31-21(3)16-23-18-25(34)10-11-26(23)27(31)14-15-32(24,28)4/h8,10-11,13,17-18,21,24,27-28,31,34H,6-7,9,12,14-16,19-20H2,1-5H3/t21?,24?,27?,28?,31-,32-/m1/s1. The predicted octanol–water partition coefficient (Wildman–Crippen LogP) is 7.04. The molecule has 0 radical (unpaired) electrons. The van der Waals surface area contributed by atoms with Crippen LogP contribution in [0.1, 0.15) is 76.0 Å². The lowest BCUT2D eigenvalue weighted by Crippen LogP contribution is -2.46. The van der Waals surface area contributed by atoms with E-state index in [2.05, 4.69) is 56.9 Å². The summed E-state index contributed by atoms with van der Waals surface area (Å²) in [7, 11) is 1.75. The molecule has 0 heterocycles. The summed E-state index contributed by atoms with van der Waals surface area (Å²) >= 11 is 0. The first-order chi connectivity index (χ1) is 17.4. The van der Waals surface area contributed by atoms with Crippen molar-refractivity contribution in [3.05, 3.63) is 53.1 Å². The molecule has 4 nitrogen and oxygen atoms in total. The van der Waals surface area contributed by atoms with E-state index in [9.17, 15) is 5.11 Å². The summed E-state index contributed by atoms with van der Waals surface area (Å²) in [6.07, 6.45) is 6.17. The van der Waals surface area contributed by atoms with Crippen LogP contribution >= 0.6 is 0 Å². The molecule has 196 valence electrons. The molecule has 2 aromatic rings. The summed E-state index contributed by atoms with van der Waals surface area (Å²) in [6, 6.07) is 12.6. The fraction of sp³-hybridized carbons (Fsp3) is 0.625. The zero-order valence-corrected chi connectivity index (χ0v) is 22.9. The maximum Gasteiger partial charge on any atom is 0.161 e. The highest BCUT2D eigenvalue weighted by molar-refractivity contribution is 5.43. The minimum absolute atomic E-state index is 0.333. The highest BCUT2D eigenvalue weighted by Gasteiger charge is 2.56. The molecule has 1 N–H and O–H groups in total. The van der Waals surface area contributed by atoms with Crippen LogP contribution in [0.5, 0.6) is 17.2 Å². The summed E-state index contributed by atoms with van der Waals surface area (Å²) < 4.78 is 12.3. The largest absolute Gasteiger partial charge is 0.508 e. The fourth-order valence-corrected chi connectivity index (χ4v) is 8.17. The van der Waals surface area contributed by atoms with Crippen LogP contribution < -0.4 is 9.47 Å². The Morgan fingerprint density at radius 1 is 1.03 bits per heavy atom. The molecule has 6 atom stereocenters. The summed E-state index contributed by atoms with van der Waals surface area (Å²) in [5.41, 5.74) is 4.49. The Bertz CT molecular complexity index is 1060. The zero-order valence-electron chi connectivity index (χ0n) is 22.9. The molecule has 0 saturated heterocycles. The number of benzene rings is 2. The van der Waals surface area contributed by atoms with E-state index in [1.165, 1.54) is 42.4 Å². The Kier molecular flexibility index (Phi) is 7.27. The number of phenols is 1. The Hall–Kier alpha value is -2.20. The summed E-state index contributed by atoms with van der Waals surface area (Å²) in [5, 5.41) is 10.0. The second kappa shape index (κ2) is 10.3. The van der Waals surface area contributed by atoms with E-state index in [0.717, 1.165) is 56.0 Å². The van der Waals surface area contributed by atoms with Gasteiger partial charge in [0.05, 0.1) is 13.7 Å². The number of rotatable bonds is 8. The van der Waals surface area contributed by atoms with Crippen molar-refractivity contribution in [2.45, 2.75) is 72.3 Å². The van der Waals surface area contributed by atoms with E-state index in [1.807, 2.05) is 12.1 Å². The summed E-state index contributed by atoms with van der Waals surface area (Å²) in [5.74, 6) is 5.50. The van der Waals surface area contributed by atoms with Crippen molar-refractivity contribution in [1.29, 1.82) is 0 Å². The van der Waals surface area contributed by atoms with Gasteiger partial charge in [0.15, 0.2) is 11.5 Å². The monoisotopic (exact) mass is 491 g/mol. The number of nitrogens with zero attached hydrogens (tertiary/aromatic N) is 1. The lowest BCUT2D eigenvalue weighted by molar-refractivity contribution is -0.00591. The number of phenolic OH excluding ortho intramolecular Hbond substituents is 1. The topological polar surface area (TPSA) is 41.9 Å². The van der Waals surface area contributed by atoms with Gasteiger partial charge in [0.2, 0.25) is 0 Å². The van der Waals surface area contributed by atoms with Gasteiger partial charge in [-0.15, -0.1) is 0 Å². The van der Waals surface area contributed by atoms with Gasteiger partial charge in [-0.3, -0.25) is 4.90 Å². The lowest BCUT2D eigenvalue weighted by atomic mass is 9.52. The molecule has 2 saturated carbocycles. The molecule has 4 heteroatoms. The van der Waals surface area contributed by atoms with Crippen LogP contribution in [-0.4, -0.2) is 36.8 Å². The van der Waals surface area contributed by atoms with Crippen LogP contribution in [0, 0.1) is 29.1 Å². The van der Waals surface area contributed by atoms with Crippen LogP contribution in [-0.2, 0) is 13.0 Å². The van der Waals surface area contributed by atoms with E-state index >= 15 is 0 Å². The van der Waals surface area contributed by atoms with Crippen molar-refractivity contribution >= 4 is 0 Å². The van der Waals surface area contributed by atoms with E-state index in [-0.39, 0.29) is 0 Å². The third kappa shape index (κ3) is 4.51. The summed E-state index contributed by atoms with van der Waals surface area (Å²) in [4.78, 5) is 2.42. The van der Waals surface area contributed by atoms with E-state index in [4.69, 9.17) is 9.47 Å². The van der Waals surface area contributed by atoms with Crippen LogP contribution in [0.15, 0.2) is 36.4 Å². The Labute approximate surface area is 218 Å². The number of hydrogen-bond donors (Lipinski definition) is 1. The first-order valence-corrected chi connectivity index (χ1v) is 14.2. The summed E-state index contributed by atoms with van der Waals surface area (Å²) in [6.45, 7) is 13.2. The van der Waals surface area contributed by atoms with Gasteiger partial charge >= 0.3 is 0 Å². The molecule has 4 unspecified atom stereocenters. The molecular weight excluding hydrogens is 446 g/mol. The molecule has 3 aliphatic carbocycles.